The van der Waals surface area contributed by atoms with E-state index in [2.05, 4.69) is 27.7 Å². The molecule has 0 fully saturated rings. The smallest absolute Gasteiger partial charge is 0.0123 e. The maximum absolute atomic E-state index is 6.12. The predicted molar refractivity (Wildman–Crippen MR) is 96.7 cm³/mol. The maximum atomic E-state index is 6.12. The molecule has 0 aromatic rings. The molecule has 2 nitrogen and oxygen atoms in total. The van der Waals surface area contributed by atoms with E-state index < -0.39 is 0 Å². The summed E-state index contributed by atoms with van der Waals surface area (Å²) in [7, 11) is 0. The molecule has 0 aliphatic rings. The highest BCUT2D eigenvalue weighted by Gasteiger charge is 2.19. The molecule has 0 heterocycles. The Balaban J connectivity index is 0. The molecule has 0 saturated carbocycles. The minimum Gasteiger partial charge on any atom is -0.412 e. The summed E-state index contributed by atoms with van der Waals surface area (Å²) >= 11 is 0. The first-order valence-corrected chi connectivity index (χ1v) is 9.27. The maximum Gasteiger partial charge on any atom is 0.0123 e. The minimum atomic E-state index is -0.00221. The number of unbranched alkanes of at least 4 members (excludes halogenated alkanes) is 11. The van der Waals surface area contributed by atoms with Gasteiger partial charge in [-0.25, -0.2) is 0 Å². The zero-order valence-corrected chi connectivity index (χ0v) is 15.3. The van der Waals surface area contributed by atoms with Crippen molar-refractivity contribution in [3.8, 4) is 0 Å². The van der Waals surface area contributed by atoms with Crippen LogP contribution in [-0.4, -0.2) is 11.0 Å². The van der Waals surface area contributed by atoms with Crippen LogP contribution >= 0.6 is 0 Å². The number of rotatable bonds is 14. The van der Waals surface area contributed by atoms with E-state index in [4.69, 9.17) is 5.73 Å². The van der Waals surface area contributed by atoms with E-state index in [0.29, 0.717) is 5.92 Å². The molecule has 0 spiro atoms. The first-order chi connectivity index (χ1) is 9.48. The Labute approximate surface area is 134 Å². The van der Waals surface area contributed by atoms with E-state index in [1.54, 1.807) is 0 Å². The summed E-state index contributed by atoms with van der Waals surface area (Å²) in [6.45, 7) is 8.88. The largest absolute Gasteiger partial charge is 0.412 e. The van der Waals surface area contributed by atoms with Crippen LogP contribution in [0, 0.1) is 5.92 Å². The zero-order valence-electron chi connectivity index (χ0n) is 15.3. The SMILES string of the molecule is CCCCCCCCCCCCCCC(C)C(C)(C)N.O. The second kappa shape index (κ2) is 14.8. The summed E-state index contributed by atoms with van der Waals surface area (Å²) in [5.41, 5.74) is 6.12. The highest BCUT2D eigenvalue weighted by molar-refractivity contribution is 4.78. The molecular weight excluding hydrogens is 258 g/mol. The topological polar surface area (TPSA) is 57.5 Å². The van der Waals surface area contributed by atoms with Crippen molar-refractivity contribution in [2.75, 3.05) is 0 Å². The van der Waals surface area contributed by atoms with E-state index in [0.717, 1.165) is 0 Å². The van der Waals surface area contributed by atoms with Crippen molar-refractivity contribution >= 4 is 0 Å². The molecular formula is C19H43NO. The lowest BCUT2D eigenvalue weighted by molar-refractivity contribution is 0.316. The van der Waals surface area contributed by atoms with E-state index in [9.17, 15) is 0 Å². The van der Waals surface area contributed by atoms with Gasteiger partial charge >= 0.3 is 0 Å². The molecule has 1 unspecified atom stereocenters. The Kier molecular flexibility index (Phi) is 16.4. The van der Waals surface area contributed by atoms with E-state index in [1.807, 2.05) is 0 Å². The fourth-order valence-electron chi connectivity index (χ4n) is 2.66. The molecule has 130 valence electrons. The summed E-state index contributed by atoms with van der Waals surface area (Å²) in [5, 5.41) is 0. The summed E-state index contributed by atoms with van der Waals surface area (Å²) in [6, 6.07) is 0. The Bertz CT molecular complexity index is 198. The van der Waals surface area contributed by atoms with Gasteiger partial charge in [0, 0.05) is 5.54 Å². The van der Waals surface area contributed by atoms with Crippen LogP contribution in [0.15, 0.2) is 0 Å². The van der Waals surface area contributed by atoms with Gasteiger partial charge in [0.25, 0.3) is 0 Å². The lowest BCUT2D eigenvalue weighted by Crippen LogP contribution is -2.39. The molecule has 0 radical (unpaired) electrons. The van der Waals surface area contributed by atoms with Crippen molar-refractivity contribution in [1.29, 1.82) is 0 Å². The van der Waals surface area contributed by atoms with Crippen LogP contribution in [0.5, 0.6) is 0 Å². The molecule has 0 aliphatic heterocycles. The van der Waals surface area contributed by atoms with Gasteiger partial charge in [0.05, 0.1) is 0 Å². The molecule has 21 heavy (non-hydrogen) atoms. The summed E-state index contributed by atoms with van der Waals surface area (Å²) in [4.78, 5) is 0. The monoisotopic (exact) mass is 301 g/mol. The van der Waals surface area contributed by atoms with Crippen molar-refractivity contribution in [1.82, 2.24) is 0 Å². The predicted octanol–water partition coefficient (Wildman–Crippen LogP) is 5.63. The first-order valence-electron chi connectivity index (χ1n) is 9.27. The molecule has 0 saturated heterocycles. The van der Waals surface area contributed by atoms with Gasteiger partial charge in [0.2, 0.25) is 0 Å². The summed E-state index contributed by atoms with van der Waals surface area (Å²) in [6.07, 6.45) is 18.4. The summed E-state index contributed by atoms with van der Waals surface area (Å²) < 4.78 is 0. The number of nitrogens with two attached hydrogens (primary N) is 1. The van der Waals surface area contributed by atoms with Crippen LogP contribution in [0.25, 0.3) is 0 Å². The lowest BCUT2D eigenvalue weighted by Gasteiger charge is -2.27. The lowest BCUT2D eigenvalue weighted by atomic mass is 9.86. The van der Waals surface area contributed by atoms with E-state index in [1.165, 1.54) is 83.5 Å². The van der Waals surface area contributed by atoms with Crippen molar-refractivity contribution in [2.45, 2.75) is 117 Å². The van der Waals surface area contributed by atoms with Crippen molar-refractivity contribution < 1.29 is 5.48 Å². The first kappa shape index (κ1) is 23.2. The van der Waals surface area contributed by atoms with Crippen LogP contribution in [0.3, 0.4) is 0 Å². The summed E-state index contributed by atoms with van der Waals surface area (Å²) in [5.74, 6) is 0.644. The number of hydrogen-bond acceptors (Lipinski definition) is 1. The average Bonchev–Trinajstić information content (AvgIpc) is 2.38. The van der Waals surface area contributed by atoms with Crippen LogP contribution < -0.4 is 5.73 Å². The Morgan fingerprint density at radius 2 is 1.05 bits per heavy atom. The third-order valence-electron chi connectivity index (χ3n) is 4.76. The second-order valence-electron chi connectivity index (χ2n) is 7.40. The average molecular weight is 302 g/mol. The molecule has 0 amide bonds. The van der Waals surface area contributed by atoms with Crippen molar-refractivity contribution in [3.63, 3.8) is 0 Å². The third-order valence-corrected chi connectivity index (χ3v) is 4.76. The van der Waals surface area contributed by atoms with Gasteiger partial charge in [-0.1, -0.05) is 90.9 Å². The Hall–Kier alpha value is -0.0800. The van der Waals surface area contributed by atoms with E-state index >= 15 is 0 Å². The van der Waals surface area contributed by atoms with Crippen molar-refractivity contribution in [2.24, 2.45) is 11.7 Å². The Morgan fingerprint density at radius 3 is 1.38 bits per heavy atom. The fraction of sp³-hybridized carbons (Fsp3) is 1.00. The zero-order chi connectivity index (χ0) is 15.3. The van der Waals surface area contributed by atoms with Gasteiger partial charge < -0.3 is 11.2 Å². The highest BCUT2D eigenvalue weighted by Crippen LogP contribution is 2.20. The molecule has 0 rings (SSSR count). The molecule has 4 N–H and O–H groups in total. The van der Waals surface area contributed by atoms with Gasteiger partial charge in [0.15, 0.2) is 0 Å². The quantitative estimate of drug-likeness (QED) is 0.415. The van der Waals surface area contributed by atoms with Crippen LogP contribution in [-0.2, 0) is 0 Å². The Morgan fingerprint density at radius 1 is 0.714 bits per heavy atom. The van der Waals surface area contributed by atoms with Crippen LogP contribution in [0.2, 0.25) is 0 Å². The second-order valence-corrected chi connectivity index (χ2v) is 7.40. The highest BCUT2D eigenvalue weighted by atomic mass is 16.0. The molecule has 0 bridgehead atoms. The third kappa shape index (κ3) is 16.1. The molecule has 1 atom stereocenters. The molecule has 0 aromatic heterocycles. The van der Waals surface area contributed by atoms with Gasteiger partial charge in [0.1, 0.15) is 0 Å². The van der Waals surface area contributed by atoms with Crippen molar-refractivity contribution in [3.05, 3.63) is 0 Å². The van der Waals surface area contributed by atoms with Gasteiger partial charge in [-0.3, -0.25) is 0 Å². The van der Waals surface area contributed by atoms with Crippen LogP contribution in [0.4, 0.5) is 0 Å². The number of hydrogen-bond donors (Lipinski definition) is 1. The standard InChI is InChI=1S/C19H41N.H2O/c1-5-6-7-8-9-10-11-12-13-14-15-16-17-18(2)19(3,4)20;/h18H,5-17,20H2,1-4H3;1H2. The van der Waals surface area contributed by atoms with Gasteiger partial charge in [-0.15, -0.1) is 0 Å². The van der Waals surface area contributed by atoms with Gasteiger partial charge in [-0.2, -0.15) is 0 Å². The van der Waals surface area contributed by atoms with Gasteiger partial charge in [-0.05, 0) is 26.2 Å². The minimum absolute atomic E-state index is 0. The molecule has 2 heteroatoms. The fourth-order valence-corrected chi connectivity index (χ4v) is 2.66. The van der Waals surface area contributed by atoms with Crippen LogP contribution in [0.1, 0.15) is 111 Å². The molecule has 0 aliphatic carbocycles. The molecule has 0 aromatic carbocycles. The normalized spacial score (nSPS) is 13.0. The van der Waals surface area contributed by atoms with E-state index in [-0.39, 0.29) is 11.0 Å².